The van der Waals surface area contributed by atoms with Crippen LogP contribution in [0.2, 0.25) is 0 Å². The number of amides is 1. The second kappa shape index (κ2) is 11.1. The van der Waals surface area contributed by atoms with Gasteiger partial charge >= 0.3 is 0 Å². The van der Waals surface area contributed by atoms with Crippen molar-refractivity contribution in [3.8, 4) is 17.6 Å². The molecule has 176 valence electrons. The third-order valence-electron chi connectivity index (χ3n) is 5.54. The molecule has 1 unspecified atom stereocenters. The number of nitrogens with one attached hydrogen (secondary N) is 2. The maximum atomic E-state index is 13.2. The van der Waals surface area contributed by atoms with Gasteiger partial charge in [-0.3, -0.25) is 9.48 Å². The Morgan fingerprint density at radius 3 is 2.43 bits per heavy atom. The van der Waals surface area contributed by atoms with E-state index in [9.17, 15) is 4.79 Å². The second-order valence-corrected chi connectivity index (χ2v) is 8.21. The zero-order chi connectivity index (χ0) is 24.6. The molecule has 0 fully saturated rings. The summed E-state index contributed by atoms with van der Waals surface area (Å²) in [6.45, 7) is 2.65. The molecule has 2 N–H and O–H groups in total. The summed E-state index contributed by atoms with van der Waals surface area (Å²) >= 11 is 0. The summed E-state index contributed by atoms with van der Waals surface area (Å²) in [5.74, 6) is 1.51. The number of anilines is 1. The van der Waals surface area contributed by atoms with Gasteiger partial charge in [0.2, 0.25) is 5.91 Å². The number of nitrogens with zero attached hydrogens (tertiary/aromatic N) is 4. The monoisotopic (exact) mass is 466 g/mol. The molecule has 0 aliphatic carbocycles. The summed E-state index contributed by atoms with van der Waals surface area (Å²) in [5.41, 5.74) is 2.57. The number of hydrogen-bond acceptors (Lipinski definition) is 6. The van der Waals surface area contributed by atoms with E-state index in [1.165, 1.54) is 0 Å². The van der Waals surface area contributed by atoms with Crippen LogP contribution in [0.15, 0.2) is 85.3 Å². The van der Waals surface area contributed by atoms with E-state index in [2.05, 4.69) is 33.7 Å². The smallest absolute Gasteiger partial charge is 0.247 e. The Bertz CT molecular complexity index is 1290. The molecule has 0 radical (unpaired) electrons. The van der Waals surface area contributed by atoms with Gasteiger partial charge in [-0.25, -0.2) is 4.98 Å². The summed E-state index contributed by atoms with van der Waals surface area (Å²) in [7, 11) is 1.81. The van der Waals surface area contributed by atoms with Gasteiger partial charge < -0.3 is 15.4 Å². The molecule has 2 atom stereocenters. The Hall–Kier alpha value is -4.48. The lowest BCUT2D eigenvalue weighted by atomic mass is 9.98. The van der Waals surface area contributed by atoms with E-state index in [0.717, 1.165) is 11.1 Å². The molecule has 8 heteroatoms. The standard InChI is InChI=1S/C27H26N6O2/c1-19(21-10-8-20(14-28)9-11-21)15-30-26(22-6-4-3-5-7-22)27(34)32-25-13-12-23(16-29-25)35-24-17-31-33(2)18-24/h3-13,16-19,26,30H,15H2,1-2H3,(H,29,32,34)/t19-,26?/m1/s1. The van der Waals surface area contributed by atoms with Crippen LogP contribution in [0.3, 0.4) is 0 Å². The number of pyridine rings is 1. The molecule has 35 heavy (non-hydrogen) atoms. The lowest BCUT2D eigenvalue weighted by Crippen LogP contribution is -2.35. The first-order valence-corrected chi connectivity index (χ1v) is 11.2. The first kappa shape index (κ1) is 23.7. The average molecular weight is 467 g/mol. The van der Waals surface area contributed by atoms with Crippen molar-refractivity contribution in [1.82, 2.24) is 20.1 Å². The van der Waals surface area contributed by atoms with Gasteiger partial charge in [-0.2, -0.15) is 10.4 Å². The fraction of sp³-hybridized carbons (Fsp3) is 0.185. The van der Waals surface area contributed by atoms with Gasteiger partial charge in [-0.15, -0.1) is 0 Å². The number of hydrogen-bond donors (Lipinski definition) is 2. The van der Waals surface area contributed by atoms with Gasteiger partial charge in [0.15, 0.2) is 5.75 Å². The van der Waals surface area contributed by atoms with Crippen LogP contribution in [-0.2, 0) is 11.8 Å². The molecule has 4 rings (SSSR count). The maximum Gasteiger partial charge on any atom is 0.247 e. The van der Waals surface area contributed by atoms with Crippen LogP contribution in [0.25, 0.3) is 0 Å². The molecule has 0 aliphatic rings. The number of rotatable bonds is 9. The number of ether oxygens (including phenoxy) is 1. The predicted molar refractivity (Wildman–Crippen MR) is 133 cm³/mol. The first-order valence-electron chi connectivity index (χ1n) is 11.2. The fourth-order valence-electron chi connectivity index (χ4n) is 3.61. The Balaban J connectivity index is 1.42. The highest BCUT2D eigenvalue weighted by Crippen LogP contribution is 2.22. The molecule has 8 nitrogen and oxygen atoms in total. The van der Waals surface area contributed by atoms with Crippen molar-refractivity contribution in [3.63, 3.8) is 0 Å². The summed E-state index contributed by atoms with van der Waals surface area (Å²) in [5, 5.41) is 19.4. The largest absolute Gasteiger partial charge is 0.452 e. The van der Waals surface area contributed by atoms with Gasteiger partial charge in [-0.05, 0) is 41.3 Å². The highest BCUT2D eigenvalue weighted by molar-refractivity contribution is 5.94. The van der Waals surface area contributed by atoms with Gasteiger partial charge in [-0.1, -0.05) is 49.4 Å². The average Bonchev–Trinajstić information content (AvgIpc) is 3.30. The SMILES string of the molecule is C[C@H](CNC(C(=O)Nc1ccc(Oc2cnn(C)c2)cn1)c1ccccc1)c1ccc(C#N)cc1. The van der Waals surface area contributed by atoms with Crippen LogP contribution in [-0.4, -0.2) is 27.2 Å². The number of benzene rings is 2. The Morgan fingerprint density at radius 2 is 1.80 bits per heavy atom. The third kappa shape index (κ3) is 6.31. The van der Waals surface area contributed by atoms with E-state index in [1.807, 2.05) is 49.5 Å². The van der Waals surface area contributed by atoms with Gasteiger partial charge in [0.25, 0.3) is 0 Å². The molecule has 4 aromatic rings. The van der Waals surface area contributed by atoms with E-state index in [0.29, 0.717) is 29.4 Å². The minimum Gasteiger partial charge on any atom is -0.452 e. The molecule has 2 aromatic carbocycles. The molecule has 0 aliphatic heterocycles. The number of carbonyl (C=O) groups is 1. The highest BCUT2D eigenvalue weighted by Gasteiger charge is 2.21. The van der Waals surface area contributed by atoms with Gasteiger partial charge in [0, 0.05) is 13.6 Å². The molecular formula is C27H26N6O2. The highest BCUT2D eigenvalue weighted by atomic mass is 16.5. The van der Waals surface area contributed by atoms with Crippen LogP contribution >= 0.6 is 0 Å². The minimum absolute atomic E-state index is 0.142. The topological polar surface area (TPSA) is 105 Å². The predicted octanol–water partition coefficient (Wildman–Crippen LogP) is 4.55. The van der Waals surface area contributed by atoms with E-state index in [-0.39, 0.29) is 11.8 Å². The molecule has 0 spiro atoms. The van der Waals surface area contributed by atoms with Crippen LogP contribution in [0.1, 0.15) is 35.6 Å². The Kier molecular flexibility index (Phi) is 7.50. The van der Waals surface area contributed by atoms with Gasteiger partial charge in [0.05, 0.1) is 30.2 Å². The summed E-state index contributed by atoms with van der Waals surface area (Å²) < 4.78 is 7.36. The number of aryl methyl sites for hydroxylation is 1. The molecule has 0 saturated heterocycles. The van der Waals surface area contributed by atoms with Crippen molar-refractivity contribution in [2.45, 2.75) is 18.9 Å². The maximum absolute atomic E-state index is 13.2. The van der Waals surface area contributed by atoms with Crippen LogP contribution in [0.4, 0.5) is 5.82 Å². The van der Waals surface area contributed by atoms with E-state index >= 15 is 0 Å². The fourth-order valence-corrected chi connectivity index (χ4v) is 3.61. The van der Waals surface area contributed by atoms with E-state index in [4.69, 9.17) is 10.00 Å². The van der Waals surface area contributed by atoms with Crippen molar-refractivity contribution >= 4 is 11.7 Å². The second-order valence-electron chi connectivity index (χ2n) is 8.21. The van der Waals surface area contributed by atoms with Gasteiger partial charge in [0.1, 0.15) is 17.6 Å². The minimum atomic E-state index is -0.565. The van der Waals surface area contributed by atoms with Crippen molar-refractivity contribution in [2.24, 2.45) is 7.05 Å². The molecule has 1 amide bonds. The van der Waals surface area contributed by atoms with Crippen molar-refractivity contribution in [1.29, 1.82) is 5.26 Å². The zero-order valence-corrected chi connectivity index (χ0v) is 19.6. The Morgan fingerprint density at radius 1 is 1.03 bits per heavy atom. The van der Waals surface area contributed by atoms with Crippen LogP contribution < -0.4 is 15.4 Å². The normalized spacial score (nSPS) is 12.4. The van der Waals surface area contributed by atoms with Crippen LogP contribution in [0, 0.1) is 11.3 Å². The molecule has 2 heterocycles. The van der Waals surface area contributed by atoms with Crippen molar-refractivity contribution < 1.29 is 9.53 Å². The Labute approximate surface area is 204 Å². The molecular weight excluding hydrogens is 440 g/mol. The number of carbonyl (C=O) groups excluding carboxylic acids is 1. The molecule has 0 bridgehead atoms. The molecule has 0 saturated carbocycles. The zero-order valence-electron chi connectivity index (χ0n) is 19.6. The van der Waals surface area contributed by atoms with Crippen LogP contribution in [0.5, 0.6) is 11.5 Å². The lowest BCUT2D eigenvalue weighted by molar-refractivity contribution is -0.118. The van der Waals surface area contributed by atoms with Crippen molar-refractivity contribution in [2.75, 3.05) is 11.9 Å². The summed E-state index contributed by atoms with van der Waals surface area (Å²) in [6, 6.07) is 22.1. The number of nitriles is 1. The van der Waals surface area contributed by atoms with E-state index < -0.39 is 6.04 Å². The molecule has 2 aromatic heterocycles. The van der Waals surface area contributed by atoms with Crippen molar-refractivity contribution in [3.05, 3.63) is 102 Å². The summed E-state index contributed by atoms with van der Waals surface area (Å²) in [4.78, 5) is 17.6. The van der Waals surface area contributed by atoms with E-state index in [1.54, 1.807) is 47.5 Å². The third-order valence-corrected chi connectivity index (χ3v) is 5.54. The quantitative estimate of drug-likeness (QED) is 0.375. The summed E-state index contributed by atoms with van der Waals surface area (Å²) in [6.07, 6.45) is 4.93. The lowest BCUT2D eigenvalue weighted by Gasteiger charge is -2.21. The number of aromatic nitrogens is 3. The first-order chi connectivity index (χ1) is 17.0.